The number of nitrogen functional groups attached to an aromatic ring is 1. The van der Waals surface area contributed by atoms with Crippen LogP contribution in [0.1, 0.15) is 5.01 Å². The lowest BCUT2D eigenvalue weighted by molar-refractivity contribution is 0.977. The third-order valence-corrected chi connectivity index (χ3v) is 3.95. The molecule has 17 heavy (non-hydrogen) atoms. The van der Waals surface area contributed by atoms with Crippen molar-refractivity contribution in [3.63, 3.8) is 0 Å². The van der Waals surface area contributed by atoms with E-state index in [9.17, 15) is 0 Å². The minimum absolute atomic E-state index is 0.726. The van der Waals surface area contributed by atoms with E-state index in [1.54, 1.807) is 11.3 Å². The van der Waals surface area contributed by atoms with E-state index in [-0.39, 0.29) is 0 Å². The minimum atomic E-state index is 0.726. The van der Waals surface area contributed by atoms with Crippen molar-refractivity contribution in [3.8, 4) is 0 Å². The van der Waals surface area contributed by atoms with Gasteiger partial charge in [-0.25, -0.2) is 4.98 Å². The number of anilines is 1. The maximum atomic E-state index is 5.71. The number of imidazole rings is 1. The van der Waals surface area contributed by atoms with E-state index in [0.717, 1.165) is 31.2 Å². The molecule has 2 aromatic heterocycles. The molecule has 0 saturated carbocycles. The van der Waals surface area contributed by atoms with Crippen LogP contribution in [-0.4, -0.2) is 20.2 Å². The largest absolute Gasteiger partial charge is 0.399 e. The van der Waals surface area contributed by atoms with E-state index >= 15 is 0 Å². The predicted molar refractivity (Wildman–Crippen MR) is 69.3 cm³/mol. The highest BCUT2D eigenvalue weighted by Crippen LogP contribution is 2.29. The molecule has 5 nitrogen and oxygen atoms in total. The average Bonchev–Trinajstić information content (AvgIpc) is 2.84. The molecule has 0 aliphatic carbocycles. The van der Waals surface area contributed by atoms with Gasteiger partial charge in [-0.1, -0.05) is 11.3 Å². The Kier molecular flexibility index (Phi) is 2.49. The summed E-state index contributed by atoms with van der Waals surface area (Å²) in [4.78, 5) is 7.65. The van der Waals surface area contributed by atoms with Gasteiger partial charge in [0.2, 0.25) is 0 Å². The first-order chi connectivity index (χ1) is 8.20. The number of nitrogens with one attached hydrogen (secondary N) is 1. The Morgan fingerprint density at radius 2 is 2.24 bits per heavy atom. The summed E-state index contributed by atoms with van der Waals surface area (Å²) in [6, 6.07) is 5.61. The molecule has 0 aliphatic rings. The monoisotopic (exact) mass is 263 g/mol. The number of hydrogen-bond acceptors (Lipinski definition) is 6. The van der Waals surface area contributed by atoms with Crippen molar-refractivity contribution < 1.29 is 0 Å². The van der Waals surface area contributed by atoms with E-state index in [0.29, 0.717) is 0 Å². The molecule has 3 rings (SSSR count). The number of aromatic amines is 1. The zero-order valence-electron chi connectivity index (χ0n) is 8.97. The number of benzene rings is 1. The summed E-state index contributed by atoms with van der Waals surface area (Å²) in [7, 11) is 0. The van der Waals surface area contributed by atoms with E-state index in [1.807, 2.05) is 25.1 Å². The van der Waals surface area contributed by atoms with Crippen molar-refractivity contribution >= 4 is 39.8 Å². The molecule has 0 amide bonds. The van der Waals surface area contributed by atoms with Gasteiger partial charge in [0.25, 0.3) is 0 Å². The first-order valence-electron chi connectivity index (χ1n) is 4.94. The maximum absolute atomic E-state index is 5.71. The fourth-order valence-electron chi connectivity index (χ4n) is 1.45. The fourth-order valence-corrected chi connectivity index (χ4v) is 3.19. The van der Waals surface area contributed by atoms with Crippen LogP contribution in [0.3, 0.4) is 0 Å². The summed E-state index contributed by atoms with van der Waals surface area (Å²) in [5.41, 5.74) is 8.28. The SMILES string of the molecule is Cc1nnc(Sc2nc3ccc(N)cc3[nH]2)s1. The topological polar surface area (TPSA) is 80.5 Å². The van der Waals surface area contributed by atoms with Crippen molar-refractivity contribution in [1.29, 1.82) is 0 Å². The summed E-state index contributed by atoms with van der Waals surface area (Å²) < 4.78 is 0.884. The van der Waals surface area contributed by atoms with Gasteiger partial charge >= 0.3 is 0 Å². The van der Waals surface area contributed by atoms with Crippen LogP contribution in [0.4, 0.5) is 5.69 Å². The molecule has 86 valence electrons. The highest BCUT2D eigenvalue weighted by Gasteiger charge is 2.08. The number of fused-ring (bicyclic) bond motifs is 1. The average molecular weight is 263 g/mol. The molecule has 0 unspecified atom stereocenters. The van der Waals surface area contributed by atoms with Gasteiger partial charge in [-0.05, 0) is 36.9 Å². The van der Waals surface area contributed by atoms with Crippen molar-refractivity contribution in [2.45, 2.75) is 16.4 Å². The Morgan fingerprint density at radius 1 is 1.35 bits per heavy atom. The summed E-state index contributed by atoms with van der Waals surface area (Å²) in [6.07, 6.45) is 0. The quantitative estimate of drug-likeness (QED) is 0.694. The first kappa shape index (κ1) is 10.5. The molecule has 1 aromatic carbocycles. The molecule has 0 saturated heterocycles. The van der Waals surface area contributed by atoms with Crippen LogP contribution < -0.4 is 5.73 Å². The maximum Gasteiger partial charge on any atom is 0.181 e. The van der Waals surface area contributed by atoms with Crippen LogP contribution in [0.25, 0.3) is 11.0 Å². The molecule has 7 heteroatoms. The molecule has 0 atom stereocenters. The zero-order valence-corrected chi connectivity index (χ0v) is 10.6. The number of hydrogen-bond donors (Lipinski definition) is 2. The zero-order chi connectivity index (χ0) is 11.8. The molecule has 0 bridgehead atoms. The second-order valence-corrected chi connectivity index (χ2v) is 5.93. The highest BCUT2D eigenvalue weighted by molar-refractivity contribution is 8.00. The van der Waals surface area contributed by atoms with Crippen LogP contribution in [-0.2, 0) is 0 Å². The van der Waals surface area contributed by atoms with E-state index in [1.165, 1.54) is 11.8 Å². The van der Waals surface area contributed by atoms with E-state index < -0.39 is 0 Å². The number of rotatable bonds is 2. The molecule has 2 heterocycles. The van der Waals surface area contributed by atoms with E-state index in [2.05, 4.69) is 20.2 Å². The summed E-state index contributed by atoms with van der Waals surface area (Å²) in [5.74, 6) is 0. The highest BCUT2D eigenvalue weighted by atomic mass is 32.2. The minimum Gasteiger partial charge on any atom is -0.399 e. The molecule has 0 radical (unpaired) electrons. The van der Waals surface area contributed by atoms with Crippen LogP contribution >= 0.6 is 23.1 Å². The predicted octanol–water partition coefficient (Wildman–Crippen LogP) is 2.46. The van der Waals surface area contributed by atoms with Crippen LogP contribution in [0.5, 0.6) is 0 Å². The standard InChI is InChI=1S/C10H9N5S2/c1-5-14-15-10(16-5)17-9-12-7-3-2-6(11)4-8(7)13-9/h2-4H,11H2,1H3,(H,12,13). The molecule has 0 aliphatic heterocycles. The van der Waals surface area contributed by atoms with Crippen molar-refractivity contribution in [2.24, 2.45) is 0 Å². The van der Waals surface area contributed by atoms with E-state index in [4.69, 9.17) is 5.73 Å². The van der Waals surface area contributed by atoms with Gasteiger partial charge in [0.05, 0.1) is 11.0 Å². The van der Waals surface area contributed by atoms with Crippen molar-refractivity contribution in [3.05, 3.63) is 23.2 Å². The molecule has 3 N–H and O–H groups in total. The van der Waals surface area contributed by atoms with Crippen molar-refractivity contribution in [2.75, 3.05) is 5.73 Å². The van der Waals surface area contributed by atoms with Crippen LogP contribution in [0.15, 0.2) is 27.7 Å². The third-order valence-electron chi connectivity index (χ3n) is 2.18. The second-order valence-electron chi connectivity index (χ2n) is 3.51. The van der Waals surface area contributed by atoms with Crippen LogP contribution in [0, 0.1) is 6.92 Å². The molecular formula is C10H9N5S2. The smallest absolute Gasteiger partial charge is 0.181 e. The normalized spacial score (nSPS) is 11.1. The number of nitrogens with two attached hydrogens (primary N) is 1. The summed E-state index contributed by atoms with van der Waals surface area (Å²) in [5, 5.41) is 9.77. The Hall–Kier alpha value is -1.60. The van der Waals surface area contributed by atoms with Gasteiger partial charge in [0.1, 0.15) is 5.01 Å². The second kappa shape index (κ2) is 4.01. The molecule has 0 spiro atoms. The molecule has 3 aromatic rings. The number of aromatic nitrogens is 4. The Morgan fingerprint density at radius 3 is 3.00 bits per heavy atom. The van der Waals surface area contributed by atoms with Crippen LogP contribution in [0.2, 0.25) is 0 Å². The summed E-state index contributed by atoms with van der Waals surface area (Å²) in [6.45, 7) is 1.93. The molecule has 0 fully saturated rings. The Bertz CT molecular complexity index is 672. The van der Waals surface area contributed by atoms with Gasteiger partial charge in [0.15, 0.2) is 9.50 Å². The fraction of sp³-hybridized carbons (Fsp3) is 0.100. The lowest BCUT2D eigenvalue weighted by Gasteiger charge is -1.89. The first-order valence-corrected chi connectivity index (χ1v) is 6.57. The number of H-pyrrole nitrogens is 1. The third kappa shape index (κ3) is 2.11. The molecular weight excluding hydrogens is 254 g/mol. The van der Waals surface area contributed by atoms with Gasteiger partial charge in [-0.3, -0.25) is 0 Å². The van der Waals surface area contributed by atoms with Crippen molar-refractivity contribution in [1.82, 2.24) is 20.2 Å². The number of nitrogens with zero attached hydrogens (tertiary/aromatic N) is 3. The lowest BCUT2D eigenvalue weighted by atomic mass is 10.3. The van der Waals surface area contributed by atoms with Gasteiger partial charge in [-0.15, -0.1) is 10.2 Å². The van der Waals surface area contributed by atoms with Gasteiger partial charge in [0, 0.05) is 5.69 Å². The lowest BCUT2D eigenvalue weighted by Crippen LogP contribution is -1.82. The van der Waals surface area contributed by atoms with Gasteiger partial charge in [-0.2, -0.15) is 0 Å². The Balaban J connectivity index is 1.95. The summed E-state index contributed by atoms with van der Waals surface area (Å²) >= 11 is 3.03. The Labute approximate surface area is 105 Å². The van der Waals surface area contributed by atoms with Gasteiger partial charge < -0.3 is 10.7 Å². The number of aryl methyl sites for hydroxylation is 1.